The van der Waals surface area contributed by atoms with Crippen LogP contribution in [0.15, 0.2) is 29.8 Å². The number of hydroxylamine groups is 1. The van der Waals surface area contributed by atoms with Crippen LogP contribution >= 0.6 is 0 Å². The van der Waals surface area contributed by atoms with Crippen molar-refractivity contribution in [3.63, 3.8) is 0 Å². The van der Waals surface area contributed by atoms with Crippen molar-refractivity contribution in [3.8, 4) is 0 Å². The lowest BCUT2D eigenvalue weighted by molar-refractivity contribution is -0.132. The highest BCUT2D eigenvalue weighted by Gasteiger charge is 2.33. The Hall–Kier alpha value is -2.18. The maximum atomic E-state index is 12.2. The van der Waals surface area contributed by atoms with Crippen LogP contribution in [0.4, 0.5) is 0 Å². The molecule has 0 heterocycles. The maximum absolute atomic E-state index is 12.2. The molecule has 2 amide bonds. The molecule has 2 rings (SSSR count). The summed E-state index contributed by atoms with van der Waals surface area (Å²) in [5.74, 6) is -1.17. The van der Waals surface area contributed by atoms with Crippen molar-refractivity contribution in [2.24, 2.45) is 5.73 Å². The summed E-state index contributed by atoms with van der Waals surface area (Å²) in [5.41, 5.74) is 9.27. The smallest absolute Gasteiger partial charge is 0.267 e. The molecule has 1 fully saturated rings. The number of carbonyl (C=O) groups excluding carboxylic acids is 2. The van der Waals surface area contributed by atoms with E-state index in [-0.39, 0.29) is 0 Å². The van der Waals surface area contributed by atoms with Crippen LogP contribution in [-0.4, -0.2) is 28.6 Å². The van der Waals surface area contributed by atoms with E-state index in [1.165, 1.54) is 11.1 Å². The first kappa shape index (κ1) is 16.2. The Morgan fingerprint density at radius 3 is 2.32 bits per heavy atom. The molecule has 5 N–H and O–H groups in total. The first-order chi connectivity index (χ1) is 10.3. The van der Waals surface area contributed by atoms with Gasteiger partial charge in [0.05, 0.1) is 0 Å². The normalized spacial score (nSPS) is 15.0. The van der Waals surface area contributed by atoms with Gasteiger partial charge >= 0.3 is 0 Å². The van der Waals surface area contributed by atoms with Crippen LogP contribution in [0.5, 0.6) is 0 Å². The summed E-state index contributed by atoms with van der Waals surface area (Å²) in [7, 11) is 0. The summed E-state index contributed by atoms with van der Waals surface area (Å²) in [6.07, 6.45) is 4.39. The van der Waals surface area contributed by atoms with E-state index >= 15 is 0 Å². The second-order valence-electron chi connectivity index (χ2n) is 6.13. The molecule has 0 aromatic heterocycles. The molecule has 0 aliphatic heterocycles. The van der Waals surface area contributed by atoms with Gasteiger partial charge in [-0.25, -0.2) is 5.48 Å². The largest absolute Gasteiger partial charge is 0.338 e. The highest BCUT2D eigenvalue weighted by molar-refractivity contribution is 5.98. The van der Waals surface area contributed by atoms with Gasteiger partial charge < -0.3 is 11.1 Å². The second kappa shape index (κ2) is 6.29. The predicted molar refractivity (Wildman–Crippen MR) is 83.1 cm³/mol. The number of rotatable bonds is 5. The van der Waals surface area contributed by atoms with E-state index in [9.17, 15) is 9.59 Å². The topological polar surface area (TPSA) is 104 Å². The lowest BCUT2D eigenvalue weighted by atomic mass is 9.95. The average molecular weight is 303 g/mol. The van der Waals surface area contributed by atoms with E-state index in [0.29, 0.717) is 5.56 Å². The molecule has 6 nitrogen and oxygen atoms in total. The lowest BCUT2D eigenvalue weighted by Gasteiger charge is -2.29. The number of nitrogens with two attached hydrogens (primary N) is 1. The molecule has 22 heavy (non-hydrogen) atoms. The third-order valence-electron chi connectivity index (χ3n) is 3.47. The van der Waals surface area contributed by atoms with E-state index in [2.05, 4.69) is 11.4 Å². The Labute approximate surface area is 129 Å². The Kier molecular flexibility index (Phi) is 4.63. The van der Waals surface area contributed by atoms with Crippen molar-refractivity contribution in [2.75, 3.05) is 0 Å². The maximum Gasteiger partial charge on any atom is 0.267 e. The predicted octanol–water partition coefficient (Wildman–Crippen LogP) is 1.20. The molecule has 6 heteroatoms. The van der Waals surface area contributed by atoms with Crippen molar-refractivity contribution in [1.82, 2.24) is 10.8 Å². The minimum atomic E-state index is -1.04. The fourth-order valence-electron chi connectivity index (χ4n) is 2.05. The molecule has 1 aliphatic rings. The minimum Gasteiger partial charge on any atom is -0.338 e. The minimum absolute atomic E-state index is 0.419. The van der Waals surface area contributed by atoms with Gasteiger partial charge in [0.25, 0.3) is 11.8 Å². The third kappa shape index (κ3) is 4.16. The number of allylic oxidation sites excluding steroid dienone is 1. The summed E-state index contributed by atoms with van der Waals surface area (Å²) < 4.78 is 0. The Morgan fingerprint density at radius 2 is 1.86 bits per heavy atom. The van der Waals surface area contributed by atoms with E-state index in [1.807, 2.05) is 12.1 Å². The third-order valence-corrected chi connectivity index (χ3v) is 3.47. The zero-order valence-electron chi connectivity index (χ0n) is 12.7. The van der Waals surface area contributed by atoms with Gasteiger partial charge in [-0.3, -0.25) is 14.8 Å². The number of carbonyl (C=O) groups is 2. The van der Waals surface area contributed by atoms with Gasteiger partial charge in [0, 0.05) is 11.1 Å². The molecule has 0 radical (unpaired) electrons. The van der Waals surface area contributed by atoms with Crippen LogP contribution in [0.2, 0.25) is 0 Å². The Balaban J connectivity index is 2.09. The van der Waals surface area contributed by atoms with E-state index in [0.717, 1.165) is 18.4 Å². The van der Waals surface area contributed by atoms with Crippen molar-refractivity contribution < 1.29 is 14.8 Å². The SMILES string of the molecule is CC(C)(N)[C@H](NC(=O)c1ccc(C=C2CC2)cc1)C(=O)NO. The van der Waals surface area contributed by atoms with E-state index < -0.39 is 23.4 Å². The lowest BCUT2D eigenvalue weighted by Crippen LogP contribution is -2.61. The van der Waals surface area contributed by atoms with Crippen molar-refractivity contribution >= 4 is 17.9 Å². The summed E-state index contributed by atoms with van der Waals surface area (Å²) in [6.45, 7) is 3.19. The van der Waals surface area contributed by atoms with Gasteiger partial charge in [0.2, 0.25) is 0 Å². The molecule has 0 spiro atoms. The monoisotopic (exact) mass is 303 g/mol. The molecule has 1 aromatic carbocycles. The van der Waals surface area contributed by atoms with Crippen LogP contribution in [0.1, 0.15) is 42.6 Å². The van der Waals surface area contributed by atoms with Crippen molar-refractivity contribution in [1.29, 1.82) is 0 Å². The molecule has 0 bridgehead atoms. The highest BCUT2D eigenvalue weighted by Crippen LogP contribution is 2.30. The second-order valence-corrected chi connectivity index (χ2v) is 6.13. The standard InChI is InChI=1S/C16H21N3O3/c1-16(2,17)13(15(21)19-22)18-14(20)12-7-5-11(6-8-12)9-10-3-4-10/h5-9,13,22H,3-4,17H2,1-2H3,(H,18,20)(H,19,21)/t13-/m1/s1. The quantitative estimate of drug-likeness (QED) is 0.484. The molecular weight excluding hydrogens is 282 g/mol. The van der Waals surface area contributed by atoms with Crippen molar-refractivity contribution in [2.45, 2.75) is 38.3 Å². The molecule has 118 valence electrons. The summed E-state index contributed by atoms with van der Waals surface area (Å²) in [5, 5.41) is 11.3. The Morgan fingerprint density at radius 1 is 1.27 bits per heavy atom. The first-order valence-corrected chi connectivity index (χ1v) is 7.14. The Bertz CT molecular complexity index is 594. The zero-order chi connectivity index (χ0) is 16.3. The number of benzene rings is 1. The van der Waals surface area contributed by atoms with Gasteiger partial charge in [0.15, 0.2) is 0 Å². The van der Waals surface area contributed by atoms with E-state index in [1.54, 1.807) is 26.0 Å². The molecule has 1 atom stereocenters. The zero-order valence-corrected chi connectivity index (χ0v) is 12.7. The molecular formula is C16H21N3O3. The van der Waals surface area contributed by atoms with Crippen LogP contribution < -0.4 is 16.5 Å². The number of hydrogen-bond acceptors (Lipinski definition) is 4. The number of hydrogen-bond donors (Lipinski definition) is 4. The molecule has 0 saturated heterocycles. The van der Waals surface area contributed by atoms with Gasteiger partial charge in [-0.2, -0.15) is 0 Å². The van der Waals surface area contributed by atoms with Gasteiger partial charge in [-0.1, -0.05) is 23.8 Å². The van der Waals surface area contributed by atoms with Crippen LogP contribution in [0.25, 0.3) is 6.08 Å². The van der Waals surface area contributed by atoms with Crippen LogP contribution in [-0.2, 0) is 4.79 Å². The summed E-state index contributed by atoms with van der Waals surface area (Å²) in [4.78, 5) is 23.9. The fraction of sp³-hybridized carbons (Fsp3) is 0.375. The van der Waals surface area contributed by atoms with Crippen LogP contribution in [0, 0.1) is 0 Å². The molecule has 1 aliphatic carbocycles. The van der Waals surface area contributed by atoms with Gasteiger partial charge in [0.1, 0.15) is 6.04 Å². The first-order valence-electron chi connectivity index (χ1n) is 7.14. The van der Waals surface area contributed by atoms with E-state index in [4.69, 9.17) is 10.9 Å². The summed E-state index contributed by atoms with van der Waals surface area (Å²) >= 11 is 0. The van der Waals surface area contributed by atoms with Crippen molar-refractivity contribution in [3.05, 3.63) is 41.0 Å². The van der Waals surface area contributed by atoms with Crippen LogP contribution in [0.3, 0.4) is 0 Å². The fourth-order valence-corrected chi connectivity index (χ4v) is 2.05. The average Bonchev–Trinajstić information content (AvgIpc) is 3.27. The molecule has 1 saturated carbocycles. The number of nitrogens with one attached hydrogen (secondary N) is 2. The molecule has 1 aromatic rings. The summed E-state index contributed by atoms with van der Waals surface area (Å²) in [6, 6.07) is 6.06. The number of amides is 2. The molecule has 0 unspecified atom stereocenters. The van der Waals surface area contributed by atoms with Gasteiger partial charge in [-0.15, -0.1) is 0 Å². The van der Waals surface area contributed by atoms with Gasteiger partial charge in [-0.05, 0) is 44.4 Å². The highest BCUT2D eigenvalue weighted by atomic mass is 16.5.